The maximum Gasteiger partial charge on any atom is 0.267 e. The van der Waals surface area contributed by atoms with Gasteiger partial charge >= 0.3 is 0 Å². The van der Waals surface area contributed by atoms with Crippen molar-refractivity contribution in [3.63, 3.8) is 0 Å². The highest BCUT2D eigenvalue weighted by molar-refractivity contribution is 7.07. The zero-order chi connectivity index (χ0) is 15.5. The van der Waals surface area contributed by atoms with Crippen LogP contribution in [0.15, 0.2) is 24.3 Å². The van der Waals surface area contributed by atoms with E-state index in [1.165, 1.54) is 0 Å². The summed E-state index contributed by atoms with van der Waals surface area (Å²) in [5.74, 6) is 1.38. The van der Waals surface area contributed by atoms with Gasteiger partial charge in [0.15, 0.2) is 17.6 Å². The van der Waals surface area contributed by atoms with E-state index >= 15 is 0 Å². The fraction of sp³-hybridized carbons (Fsp3) is 0.400. The van der Waals surface area contributed by atoms with Gasteiger partial charge in [-0.1, -0.05) is 23.5 Å². The van der Waals surface area contributed by atoms with E-state index in [0.29, 0.717) is 30.2 Å². The first-order valence-electron chi connectivity index (χ1n) is 7.14. The fourth-order valence-corrected chi connectivity index (χ4v) is 3.06. The van der Waals surface area contributed by atoms with Crippen molar-refractivity contribution in [1.82, 2.24) is 14.5 Å². The molecule has 0 spiro atoms. The Kier molecular flexibility index (Phi) is 4.24. The normalized spacial score (nSPS) is 16.4. The van der Waals surface area contributed by atoms with Gasteiger partial charge in [-0.25, -0.2) is 0 Å². The predicted octanol–water partition coefficient (Wildman–Crippen LogP) is 2.01. The highest BCUT2D eigenvalue weighted by atomic mass is 32.1. The van der Waals surface area contributed by atoms with Crippen molar-refractivity contribution < 1.29 is 14.3 Å². The summed E-state index contributed by atoms with van der Waals surface area (Å²) in [6.45, 7) is 2.84. The van der Waals surface area contributed by atoms with Crippen LogP contribution in [0.3, 0.4) is 0 Å². The van der Waals surface area contributed by atoms with Crippen molar-refractivity contribution in [2.45, 2.75) is 19.4 Å². The fourth-order valence-electron chi connectivity index (χ4n) is 2.32. The van der Waals surface area contributed by atoms with Crippen LogP contribution in [0.2, 0.25) is 0 Å². The smallest absolute Gasteiger partial charge is 0.267 e. The van der Waals surface area contributed by atoms with Crippen molar-refractivity contribution in [1.29, 1.82) is 0 Å². The zero-order valence-corrected chi connectivity index (χ0v) is 13.3. The molecule has 0 saturated carbocycles. The lowest BCUT2D eigenvalue weighted by Crippen LogP contribution is -2.41. The summed E-state index contributed by atoms with van der Waals surface area (Å²) in [5, 5.41) is 3.98. The van der Waals surface area contributed by atoms with Crippen LogP contribution in [0, 0.1) is 0 Å². The van der Waals surface area contributed by atoms with E-state index < -0.39 is 0 Å². The molecule has 116 valence electrons. The van der Waals surface area contributed by atoms with Crippen LogP contribution in [0.5, 0.6) is 11.5 Å². The number of amides is 1. The molecule has 0 fully saturated rings. The quantitative estimate of drug-likeness (QED) is 0.862. The van der Waals surface area contributed by atoms with Gasteiger partial charge in [-0.2, -0.15) is 0 Å². The first kappa shape index (κ1) is 14.8. The number of ether oxygens (including phenoxy) is 2. The summed E-state index contributed by atoms with van der Waals surface area (Å²) < 4.78 is 15.4. The Labute approximate surface area is 132 Å². The largest absolute Gasteiger partial charge is 0.486 e. The molecule has 22 heavy (non-hydrogen) atoms. The molecule has 2 aromatic rings. The Bertz CT molecular complexity index is 674. The molecule has 0 saturated heterocycles. The number of nitrogens with zero attached hydrogens (tertiary/aromatic N) is 3. The molecule has 6 nitrogen and oxygen atoms in total. The van der Waals surface area contributed by atoms with Gasteiger partial charge < -0.3 is 14.4 Å². The summed E-state index contributed by atoms with van der Waals surface area (Å²) in [7, 11) is 1.76. The summed E-state index contributed by atoms with van der Waals surface area (Å²) in [4.78, 5) is 14.7. The number of aryl methyl sites for hydroxylation is 1. The second kappa shape index (κ2) is 6.31. The van der Waals surface area contributed by atoms with Crippen LogP contribution in [0.1, 0.15) is 22.3 Å². The second-order valence-electron chi connectivity index (χ2n) is 5.09. The predicted molar refractivity (Wildman–Crippen MR) is 82.6 cm³/mol. The van der Waals surface area contributed by atoms with Gasteiger partial charge in [0.1, 0.15) is 11.5 Å². The van der Waals surface area contributed by atoms with Crippen LogP contribution in [0.4, 0.5) is 0 Å². The van der Waals surface area contributed by atoms with Gasteiger partial charge in [-0.3, -0.25) is 4.79 Å². The molecular formula is C15H17N3O3S. The van der Waals surface area contributed by atoms with Crippen molar-refractivity contribution >= 4 is 17.4 Å². The number of hydrogen-bond acceptors (Lipinski definition) is 6. The molecule has 0 aliphatic carbocycles. The van der Waals surface area contributed by atoms with E-state index in [1.807, 2.05) is 31.2 Å². The second-order valence-corrected chi connectivity index (χ2v) is 5.84. The standard InChI is InChI=1S/C15H17N3O3S/c1-3-11-14(22-17-16-11)15(19)18(2)8-10-9-20-12-6-4-5-7-13(12)21-10/h4-7,10H,3,8-9H2,1-2H3/t10-/m1/s1. The van der Waals surface area contributed by atoms with Crippen LogP contribution < -0.4 is 9.47 Å². The van der Waals surface area contributed by atoms with E-state index in [4.69, 9.17) is 9.47 Å². The zero-order valence-electron chi connectivity index (χ0n) is 12.5. The molecule has 1 aromatic heterocycles. The molecule has 1 amide bonds. The number of likely N-dealkylation sites (N-methyl/N-ethyl adjacent to an activating group) is 1. The lowest BCUT2D eigenvalue weighted by molar-refractivity contribution is 0.0523. The SMILES string of the molecule is CCc1nnsc1C(=O)N(C)C[C@@H]1COc2ccccc2O1. The third-order valence-electron chi connectivity index (χ3n) is 3.48. The first-order chi connectivity index (χ1) is 10.7. The number of carbonyl (C=O) groups excluding carboxylic acids is 1. The average molecular weight is 319 g/mol. The molecule has 1 aromatic carbocycles. The minimum Gasteiger partial charge on any atom is -0.486 e. The van der Waals surface area contributed by atoms with Crippen molar-refractivity contribution in [3.05, 3.63) is 34.8 Å². The summed E-state index contributed by atoms with van der Waals surface area (Å²) in [6, 6.07) is 7.54. The van der Waals surface area contributed by atoms with E-state index in [1.54, 1.807) is 11.9 Å². The summed E-state index contributed by atoms with van der Waals surface area (Å²) in [5.41, 5.74) is 0.744. The Morgan fingerprint density at radius 3 is 2.95 bits per heavy atom. The lowest BCUT2D eigenvalue weighted by atomic mass is 10.2. The van der Waals surface area contributed by atoms with E-state index in [2.05, 4.69) is 9.59 Å². The third kappa shape index (κ3) is 2.89. The first-order valence-corrected chi connectivity index (χ1v) is 7.91. The lowest BCUT2D eigenvalue weighted by Gasteiger charge is -2.29. The molecule has 0 N–H and O–H groups in total. The van der Waals surface area contributed by atoms with Gasteiger partial charge in [-0.05, 0) is 30.1 Å². The molecule has 2 heterocycles. The highest BCUT2D eigenvalue weighted by Crippen LogP contribution is 2.31. The Morgan fingerprint density at radius 1 is 1.41 bits per heavy atom. The highest BCUT2D eigenvalue weighted by Gasteiger charge is 2.26. The number of benzene rings is 1. The molecule has 1 atom stereocenters. The Morgan fingerprint density at radius 2 is 2.18 bits per heavy atom. The number of fused-ring (bicyclic) bond motifs is 1. The number of rotatable bonds is 4. The third-order valence-corrected chi connectivity index (χ3v) is 4.23. The molecule has 0 unspecified atom stereocenters. The number of hydrogen-bond donors (Lipinski definition) is 0. The summed E-state index contributed by atoms with van der Waals surface area (Å²) in [6.07, 6.45) is 0.511. The average Bonchev–Trinajstić information content (AvgIpc) is 3.02. The molecule has 0 radical (unpaired) electrons. The molecule has 7 heteroatoms. The van der Waals surface area contributed by atoms with E-state index in [-0.39, 0.29) is 12.0 Å². The molecule has 3 rings (SSSR count). The van der Waals surface area contributed by atoms with Gasteiger partial charge in [0, 0.05) is 7.05 Å². The van der Waals surface area contributed by atoms with Gasteiger partial charge in [-0.15, -0.1) is 5.10 Å². The number of carbonyl (C=O) groups is 1. The number of aromatic nitrogens is 2. The van der Waals surface area contributed by atoms with Crippen molar-refractivity contribution in [2.75, 3.05) is 20.2 Å². The van der Waals surface area contributed by atoms with Crippen molar-refractivity contribution in [2.24, 2.45) is 0 Å². The van der Waals surface area contributed by atoms with Crippen LogP contribution in [-0.4, -0.2) is 46.7 Å². The topological polar surface area (TPSA) is 64.6 Å². The van der Waals surface area contributed by atoms with E-state index in [9.17, 15) is 4.79 Å². The van der Waals surface area contributed by atoms with Gasteiger partial charge in [0.2, 0.25) is 0 Å². The van der Waals surface area contributed by atoms with Crippen LogP contribution in [0.25, 0.3) is 0 Å². The summed E-state index contributed by atoms with van der Waals surface area (Å²) >= 11 is 1.14. The van der Waals surface area contributed by atoms with Gasteiger partial charge in [0.05, 0.1) is 12.2 Å². The molecular weight excluding hydrogens is 302 g/mol. The minimum atomic E-state index is -0.185. The van der Waals surface area contributed by atoms with Gasteiger partial charge in [0.25, 0.3) is 5.91 Å². The van der Waals surface area contributed by atoms with E-state index in [0.717, 1.165) is 23.0 Å². The van der Waals surface area contributed by atoms with Crippen LogP contribution in [-0.2, 0) is 6.42 Å². The maximum absolute atomic E-state index is 12.5. The Balaban J connectivity index is 1.65. The maximum atomic E-state index is 12.5. The Hall–Kier alpha value is -2.15. The molecule has 0 bridgehead atoms. The molecule has 1 aliphatic rings. The molecule has 1 aliphatic heterocycles. The van der Waals surface area contributed by atoms with Crippen LogP contribution >= 0.6 is 11.5 Å². The van der Waals surface area contributed by atoms with Crippen molar-refractivity contribution in [3.8, 4) is 11.5 Å². The number of para-hydroxylation sites is 2. The monoisotopic (exact) mass is 319 g/mol. The minimum absolute atomic E-state index is 0.0747.